The molecule has 1 fully saturated rings. The van der Waals surface area contributed by atoms with Crippen molar-refractivity contribution in [2.24, 2.45) is 0 Å². The van der Waals surface area contributed by atoms with Crippen LogP contribution in [0.3, 0.4) is 0 Å². The van der Waals surface area contributed by atoms with E-state index in [1.807, 2.05) is 0 Å². The first-order chi connectivity index (χ1) is 7.34. The lowest BCUT2D eigenvalue weighted by Crippen LogP contribution is -2.48. The molecule has 2 aliphatic rings. The number of nitrogens with zero attached hydrogens (tertiary/aromatic N) is 1. The van der Waals surface area contributed by atoms with Crippen LogP contribution in [0.25, 0.3) is 0 Å². The van der Waals surface area contributed by atoms with Gasteiger partial charge in [0.1, 0.15) is 0 Å². The fourth-order valence-electron chi connectivity index (χ4n) is 2.70. The average molecular weight is 267 g/mol. The Kier molecular flexibility index (Phi) is 2.54. The van der Waals surface area contributed by atoms with Crippen molar-refractivity contribution in [3.63, 3.8) is 0 Å². The molecule has 0 unspecified atom stereocenters. The molecule has 0 amide bonds. The fourth-order valence-corrected chi connectivity index (χ4v) is 3.11. The quantitative estimate of drug-likeness (QED) is 0.773. The lowest BCUT2D eigenvalue weighted by molar-refractivity contribution is 0.152. The van der Waals surface area contributed by atoms with E-state index in [0.29, 0.717) is 6.04 Å². The minimum atomic E-state index is 0.607. The summed E-state index contributed by atoms with van der Waals surface area (Å²) in [6.45, 7) is 4.66. The summed E-state index contributed by atoms with van der Waals surface area (Å²) in [5.41, 5.74) is 3.05. The maximum Gasteiger partial charge on any atom is 0.0476 e. The number of benzene rings is 1. The summed E-state index contributed by atoms with van der Waals surface area (Å²) in [6, 6.07) is 7.33. The predicted octanol–water partition coefficient (Wildman–Crippen LogP) is 1.95. The van der Waals surface area contributed by atoms with Gasteiger partial charge in [-0.3, -0.25) is 4.90 Å². The monoisotopic (exact) mass is 266 g/mol. The minimum Gasteiger partial charge on any atom is -0.314 e. The van der Waals surface area contributed by atoms with Crippen LogP contribution in [0.2, 0.25) is 0 Å². The molecule has 1 N–H and O–H groups in total. The highest BCUT2D eigenvalue weighted by atomic mass is 79.9. The minimum absolute atomic E-state index is 0.607. The SMILES string of the molecule is Brc1ccc2c(c1)CCN1CCNC[C@@H]21. The summed E-state index contributed by atoms with van der Waals surface area (Å²) in [4.78, 5) is 2.60. The van der Waals surface area contributed by atoms with E-state index in [2.05, 4.69) is 44.3 Å². The van der Waals surface area contributed by atoms with Crippen LogP contribution in [0, 0.1) is 0 Å². The first-order valence-electron chi connectivity index (χ1n) is 5.58. The molecule has 1 aromatic rings. The van der Waals surface area contributed by atoms with Crippen LogP contribution < -0.4 is 5.32 Å². The molecule has 0 aliphatic carbocycles. The van der Waals surface area contributed by atoms with E-state index >= 15 is 0 Å². The highest BCUT2D eigenvalue weighted by Gasteiger charge is 2.28. The van der Waals surface area contributed by atoms with E-state index < -0.39 is 0 Å². The van der Waals surface area contributed by atoms with Gasteiger partial charge >= 0.3 is 0 Å². The van der Waals surface area contributed by atoms with Gasteiger partial charge in [-0.05, 0) is 29.7 Å². The van der Waals surface area contributed by atoms with Crippen molar-refractivity contribution in [3.05, 3.63) is 33.8 Å². The molecule has 1 atom stereocenters. The Hall–Kier alpha value is -0.380. The topological polar surface area (TPSA) is 15.3 Å². The Morgan fingerprint density at radius 3 is 3.20 bits per heavy atom. The van der Waals surface area contributed by atoms with Gasteiger partial charge in [-0.2, -0.15) is 0 Å². The van der Waals surface area contributed by atoms with Crippen molar-refractivity contribution in [2.75, 3.05) is 26.2 Å². The standard InChI is InChI=1S/C12H15BrN2/c13-10-1-2-11-9(7-10)3-5-15-6-4-14-8-12(11)15/h1-2,7,12,14H,3-6,8H2/t12-/m0/s1. The molecule has 1 saturated heterocycles. The van der Waals surface area contributed by atoms with Gasteiger partial charge in [-0.1, -0.05) is 22.0 Å². The molecule has 0 spiro atoms. The van der Waals surface area contributed by atoms with Crippen LogP contribution in [-0.2, 0) is 6.42 Å². The van der Waals surface area contributed by atoms with E-state index in [4.69, 9.17) is 0 Å². The lowest BCUT2D eigenvalue weighted by atomic mass is 9.91. The summed E-state index contributed by atoms with van der Waals surface area (Å²) < 4.78 is 1.21. The third-order valence-electron chi connectivity index (χ3n) is 3.49. The first-order valence-corrected chi connectivity index (χ1v) is 6.37. The zero-order valence-corrected chi connectivity index (χ0v) is 10.3. The molecule has 2 nitrogen and oxygen atoms in total. The molecular formula is C12H15BrN2. The second-order valence-corrected chi connectivity index (χ2v) is 5.26. The van der Waals surface area contributed by atoms with Gasteiger partial charge in [0, 0.05) is 36.7 Å². The smallest absolute Gasteiger partial charge is 0.0476 e. The van der Waals surface area contributed by atoms with Crippen molar-refractivity contribution >= 4 is 15.9 Å². The molecule has 0 bridgehead atoms. The van der Waals surface area contributed by atoms with Crippen molar-refractivity contribution in [1.82, 2.24) is 10.2 Å². The summed E-state index contributed by atoms with van der Waals surface area (Å²) in [5, 5.41) is 3.49. The summed E-state index contributed by atoms with van der Waals surface area (Å²) in [6.07, 6.45) is 1.20. The van der Waals surface area contributed by atoms with Crippen LogP contribution in [0.15, 0.2) is 22.7 Å². The zero-order chi connectivity index (χ0) is 10.3. The number of hydrogen-bond acceptors (Lipinski definition) is 2. The molecular weight excluding hydrogens is 252 g/mol. The van der Waals surface area contributed by atoms with Crippen LogP contribution in [0.5, 0.6) is 0 Å². The second kappa shape index (κ2) is 3.89. The number of halogens is 1. The summed E-state index contributed by atoms with van der Waals surface area (Å²) >= 11 is 3.55. The molecule has 3 rings (SSSR count). The van der Waals surface area contributed by atoms with Crippen LogP contribution in [0.1, 0.15) is 17.2 Å². The molecule has 2 aliphatic heterocycles. The fraction of sp³-hybridized carbons (Fsp3) is 0.500. The Bertz CT molecular complexity index is 378. The molecule has 3 heteroatoms. The van der Waals surface area contributed by atoms with Crippen LogP contribution in [0.4, 0.5) is 0 Å². The molecule has 1 aromatic carbocycles. The molecule has 0 radical (unpaired) electrons. The zero-order valence-electron chi connectivity index (χ0n) is 8.67. The average Bonchev–Trinajstić information content (AvgIpc) is 2.28. The van der Waals surface area contributed by atoms with E-state index in [-0.39, 0.29) is 0 Å². The van der Waals surface area contributed by atoms with Gasteiger partial charge in [0.05, 0.1) is 0 Å². The Balaban J connectivity index is 1.99. The van der Waals surface area contributed by atoms with Gasteiger partial charge < -0.3 is 5.32 Å². The van der Waals surface area contributed by atoms with E-state index in [0.717, 1.165) is 13.1 Å². The maximum absolute atomic E-state index is 3.55. The largest absolute Gasteiger partial charge is 0.314 e. The second-order valence-electron chi connectivity index (χ2n) is 4.35. The van der Waals surface area contributed by atoms with E-state index in [1.54, 1.807) is 0 Å². The van der Waals surface area contributed by atoms with Crippen LogP contribution in [-0.4, -0.2) is 31.1 Å². The first kappa shape index (κ1) is 9.82. The number of hydrogen-bond donors (Lipinski definition) is 1. The molecule has 80 valence electrons. The lowest BCUT2D eigenvalue weighted by Gasteiger charge is -2.40. The summed E-state index contributed by atoms with van der Waals surface area (Å²) in [5.74, 6) is 0. The maximum atomic E-state index is 3.55. The van der Waals surface area contributed by atoms with Gasteiger partial charge in [-0.25, -0.2) is 0 Å². The van der Waals surface area contributed by atoms with Crippen molar-refractivity contribution in [1.29, 1.82) is 0 Å². The van der Waals surface area contributed by atoms with E-state index in [9.17, 15) is 0 Å². The normalized spacial score (nSPS) is 25.8. The van der Waals surface area contributed by atoms with Gasteiger partial charge in [0.25, 0.3) is 0 Å². The molecule has 0 aromatic heterocycles. The summed E-state index contributed by atoms with van der Waals surface area (Å²) in [7, 11) is 0. The molecule has 15 heavy (non-hydrogen) atoms. The van der Waals surface area contributed by atoms with Gasteiger partial charge in [-0.15, -0.1) is 0 Å². The van der Waals surface area contributed by atoms with Crippen LogP contribution >= 0.6 is 15.9 Å². The van der Waals surface area contributed by atoms with Crippen molar-refractivity contribution in [3.8, 4) is 0 Å². The molecule has 0 saturated carbocycles. The third kappa shape index (κ3) is 1.73. The van der Waals surface area contributed by atoms with Crippen molar-refractivity contribution < 1.29 is 0 Å². The Morgan fingerprint density at radius 2 is 2.27 bits per heavy atom. The highest BCUT2D eigenvalue weighted by Crippen LogP contribution is 2.31. The molecule has 2 heterocycles. The number of rotatable bonds is 0. The van der Waals surface area contributed by atoms with Gasteiger partial charge in [0.2, 0.25) is 0 Å². The number of fused-ring (bicyclic) bond motifs is 3. The van der Waals surface area contributed by atoms with E-state index in [1.165, 1.54) is 35.1 Å². The third-order valence-corrected chi connectivity index (χ3v) is 3.98. The van der Waals surface area contributed by atoms with Crippen molar-refractivity contribution in [2.45, 2.75) is 12.5 Å². The number of piperazine rings is 1. The predicted molar refractivity (Wildman–Crippen MR) is 65.0 cm³/mol. The Morgan fingerprint density at radius 1 is 1.33 bits per heavy atom. The Labute approximate surface area is 98.8 Å². The van der Waals surface area contributed by atoms with Gasteiger partial charge in [0.15, 0.2) is 0 Å². The number of nitrogens with one attached hydrogen (secondary N) is 1. The highest BCUT2D eigenvalue weighted by molar-refractivity contribution is 9.10.